The van der Waals surface area contributed by atoms with E-state index >= 15 is 0 Å². The van der Waals surface area contributed by atoms with Crippen LogP contribution in [0.15, 0.2) is 18.5 Å². The first-order chi connectivity index (χ1) is 5.75. The maximum absolute atomic E-state index is 5.59. The average molecular weight is 163 g/mol. The molecule has 0 bridgehead atoms. The van der Waals surface area contributed by atoms with Crippen molar-refractivity contribution in [1.29, 1.82) is 0 Å². The molecule has 2 rings (SSSR count). The zero-order chi connectivity index (χ0) is 8.55. The Morgan fingerprint density at radius 2 is 2.33 bits per heavy atom. The molecule has 1 fully saturated rings. The summed E-state index contributed by atoms with van der Waals surface area (Å²) in [5.74, 6) is 0.798. The van der Waals surface area contributed by atoms with Gasteiger partial charge in [-0.05, 0) is 18.4 Å². The minimum absolute atomic E-state index is 0.633. The van der Waals surface area contributed by atoms with Crippen molar-refractivity contribution in [2.75, 3.05) is 11.1 Å². The van der Waals surface area contributed by atoms with Gasteiger partial charge in [0.25, 0.3) is 0 Å². The van der Waals surface area contributed by atoms with Crippen LogP contribution in [0, 0.1) is 5.92 Å². The lowest BCUT2D eigenvalue weighted by Crippen LogP contribution is -2.03. The quantitative estimate of drug-likeness (QED) is 0.694. The summed E-state index contributed by atoms with van der Waals surface area (Å²) < 4.78 is 0. The fourth-order valence-corrected chi connectivity index (χ4v) is 1.27. The molecule has 3 heteroatoms. The third-order valence-corrected chi connectivity index (χ3v) is 2.22. The van der Waals surface area contributed by atoms with E-state index < -0.39 is 0 Å². The molecule has 0 spiro atoms. The Morgan fingerprint density at radius 3 is 2.92 bits per heavy atom. The first-order valence-electron chi connectivity index (χ1n) is 4.23. The van der Waals surface area contributed by atoms with Gasteiger partial charge in [0.15, 0.2) is 0 Å². The van der Waals surface area contributed by atoms with Crippen LogP contribution in [-0.4, -0.2) is 11.0 Å². The summed E-state index contributed by atoms with van der Waals surface area (Å²) in [5.41, 5.74) is 7.33. The molecule has 1 aliphatic rings. The Balaban J connectivity index is 2.03. The molecular weight excluding hydrogens is 150 g/mol. The van der Waals surface area contributed by atoms with E-state index in [0.29, 0.717) is 11.7 Å². The minimum atomic E-state index is 0.633. The number of nitrogen functional groups attached to an aromatic ring is 1. The van der Waals surface area contributed by atoms with E-state index in [2.05, 4.69) is 17.2 Å². The molecule has 0 saturated heterocycles. The first-order valence-corrected chi connectivity index (χ1v) is 4.23. The van der Waals surface area contributed by atoms with Gasteiger partial charge in [-0.25, -0.2) is 0 Å². The Kier molecular flexibility index (Phi) is 1.64. The van der Waals surface area contributed by atoms with Crippen LogP contribution in [0.25, 0.3) is 0 Å². The van der Waals surface area contributed by atoms with Crippen LogP contribution >= 0.6 is 0 Å². The van der Waals surface area contributed by atoms with Crippen LogP contribution in [-0.2, 0) is 0 Å². The summed E-state index contributed by atoms with van der Waals surface area (Å²) in [4.78, 5) is 4.00. The molecule has 1 aromatic rings. The van der Waals surface area contributed by atoms with E-state index in [1.807, 2.05) is 6.07 Å². The topological polar surface area (TPSA) is 50.9 Å². The average Bonchev–Trinajstić information content (AvgIpc) is 2.66. The molecule has 0 aliphatic heterocycles. The summed E-state index contributed by atoms with van der Waals surface area (Å²) in [7, 11) is 0. The number of nitrogens with one attached hydrogen (secondary N) is 1. The van der Waals surface area contributed by atoms with Crippen LogP contribution in [0.1, 0.15) is 13.3 Å². The fourth-order valence-electron chi connectivity index (χ4n) is 1.27. The lowest BCUT2D eigenvalue weighted by Gasteiger charge is -2.04. The zero-order valence-corrected chi connectivity index (χ0v) is 7.12. The largest absolute Gasteiger partial charge is 0.397 e. The van der Waals surface area contributed by atoms with Gasteiger partial charge >= 0.3 is 0 Å². The number of rotatable bonds is 2. The van der Waals surface area contributed by atoms with Gasteiger partial charge in [-0.2, -0.15) is 0 Å². The number of hydrogen-bond donors (Lipinski definition) is 2. The lowest BCUT2D eigenvalue weighted by atomic mass is 10.3. The van der Waals surface area contributed by atoms with Gasteiger partial charge in [0, 0.05) is 12.2 Å². The third-order valence-electron chi connectivity index (χ3n) is 2.22. The Hall–Kier alpha value is -1.25. The Labute approximate surface area is 72.0 Å². The lowest BCUT2D eigenvalue weighted by molar-refractivity contribution is 0.928. The summed E-state index contributed by atoms with van der Waals surface area (Å²) in [6.07, 6.45) is 4.72. The highest BCUT2D eigenvalue weighted by atomic mass is 15.0. The Bertz CT molecular complexity index is 285. The molecule has 2 unspecified atom stereocenters. The molecular formula is C9H13N3. The fraction of sp³-hybridized carbons (Fsp3) is 0.444. The van der Waals surface area contributed by atoms with Crippen LogP contribution in [0.2, 0.25) is 0 Å². The molecule has 2 atom stereocenters. The molecule has 0 amide bonds. The van der Waals surface area contributed by atoms with Crippen LogP contribution in [0.4, 0.5) is 11.4 Å². The van der Waals surface area contributed by atoms with Crippen LogP contribution in [0.3, 0.4) is 0 Å². The number of aromatic nitrogens is 1. The maximum Gasteiger partial charge on any atom is 0.0549 e. The molecule has 1 aliphatic carbocycles. The van der Waals surface area contributed by atoms with Crippen molar-refractivity contribution < 1.29 is 0 Å². The van der Waals surface area contributed by atoms with Crippen LogP contribution in [0.5, 0.6) is 0 Å². The minimum Gasteiger partial charge on any atom is -0.397 e. The molecule has 0 aromatic carbocycles. The molecule has 1 heterocycles. The molecule has 3 nitrogen and oxygen atoms in total. The predicted octanol–water partition coefficient (Wildman–Crippen LogP) is 1.48. The number of nitrogens with zero attached hydrogens (tertiary/aromatic N) is 1. The van der Waals surface area contributed by atoms with Gasteiger partial charge < -0.3 is 11.1 Å². The predicted molar refractivity (Wildman–Crippen MR) is 49.8 cm³/mol. The highest BCUT2D eigenvalue weighted by Crippen LogP contribution is 2.32. The monoisotopic (exact) mass is 163 g/mol. The van der Waals surface area contributed by atoms with Crippen LogP contribution < -0.4 is 11.1 Å². The Morgan fingerprint density at radius 1 is 1.58 bits per heavy atom. The number of hydrogen-bond acceptors (Lipinski definition) is 3. The van der Waals surface area contributed by atoms with Crippen molar-refractivity contribution in [3.63, 3.8) is 0 Å². The van der Waals surface area contributed by atoms with Gasteiger partial charge in [-0.1, -0.05) is 6.92 Å². The van der Waals surface area contributed by atoms with E-state index in [0.717, 1.165) is 11.6 Å². The van der Waals surface area contributed by atoms with Crippen molar-refractivity contribution in [3.05, 3.63) is 18.5 Å². The normalized spacial score (nSPS) is 26.8. The molecule has 0 radical (unpaired) electrons. The summed E-state index contributed by atoms with van der Waals surface area (Å²) in [5, 5.41) is 3.36. The van der Waals surface area contributed by atoms with E-state index in [9.17, 15) is 0 Å². The molecule has 3 N–H and O–H groups in total. The van der Waals surface area contributed by atoms with Crippen molar-refractivity contribution in [3.8, 4) is 0 Å². The number of pyridine rings is 1. The second kappa shape index (κ2) is 2.66. The molecule has 12 heavy (non-hydrogen) atoms. The van der Waals surface area contributed by atoms with Gasteiger partial charge in [-0.3, -0.25) is 4.98 Å². The van der Waals surface area contributed by atoms with Gasteiger partial charge in [-0.15, -0.1) is 0 Å². The van der Waals surface area contributed by atoms with Crippen molar-refractivity contribution in [1.82, 2.24) is 4.98 Å². The van der Waals surface area contributed by atoms with E-state index in [4.69, 9.17) is 5.73 Å². The second-order valence-corrected chi connectivity index (χ2v) is 3.47. The zero-order valence-electron chi connectivity index (χ0n) is 7.12. The highest BCUT2D eigenvalue weighted by molar-refractivity contribution is 5.52. The van der Waals surface area contributed by atoms with E-state index in [-0.39, 0.29) is 0 Å². The van der Waals surface area contributed by atoms with Crippen molar-refractivity contribution in [2.24, 2.45) is 5.92 Å². The molecule has 1 aromatic heterocycles. The SMILES string of the molecule is CC1CC1Nc1cncc(N)c1. The number of anilines is 2. The smallest absolute Gasteiger partial charge is 0.0549 e. The van der Waals surface area contributed by atoms with E-state index in [1.165, 1.54) is 6.42 Å². The third kappa shape index (κ3) is 1.49. The summed E-state index contributed by atoms with van der Waals surface area (Å²) >= 11 is 0. The molecule has 1 saturated carbocycles. The van der Waals surface area contributed by atoms with Gasteiger partial charge in [0.2, 0.25) is 0 Å². The summed E-state index contributed by atoms with van der Waals surface area (Å²) in [6.45, 7) is 2.23. The van der Waals surface area contributed by atoms with E-state index in [1.54, 1.807) is 12.4 Å². The van der Waals surface area contributed by atoms with Gasteiger partial charge in [0.1, 0.15) is 0 Å². The summed E-state index contributed by atoms with van der Waals surface area (Å²) in [6, 6.07) is 2.55. The first kappa shape index (κ1) is 7.40. The highest BCUT2D eigenvalue weighted by Gasteiger charge is 2.32. The van der Waals surface area contributed by atoms with Crippen molar-refractivity contribution in [2.45, 2.75) is 19.4 Å². The number of nitrogens with two attached hydrogens (primary N) is 1. The maximum atomic E-state index is 5.59. The standard InChI is InChI=1S/C9H13N3/c1-6-2-9(6)12-8-3-7(10)4-11-5-8/h3-6,9,12H,2,10H2,1H3. The molecule has 64 valence electrons. The second-order valence-electron chi connectivity index (χ2n) is 3.47. The van der Waals surface area contributed by atoms with Gasteiger partial charge in [0.05, 0.1) is 17.6 Å². The van der Waals surface area contributed by atoms with Crippen molar-refractivity contribution >= 4 is 11.4 Å².